The van der Waals surface area contributed by atoms with E-state index in [0.717, 1.165) is 37.3 Å². The molecule has 1 fully saturated rings. The van der Waals surface area contributed by atoms with Crippen molar-refractivity contribution in [2.45, 2.75) is 31.6 Å². The molecular weight excluding hydrogens is 386 g/mol. The fourth-order valence-corrected chi connectivity index (χ4v) is 5.09. The van der Waals surface area contributed by atoms with Gasteiger partial charge in [0, 0.05) is 13.1 Å². The Morgan fingerprint density at radius 1 is 1.26 bits per heavy atom. The normalized spacial score (nSPS) is 15.6. The summed E-state index contributed by atoms with van der Waals surface area (Å²) in [6.07, 6.45) is 1.97. The van der Waals surface area contributed by atoms with Crippen LogP contribution in [-0.4, -0.2) is 44.4 Å². The second kappa shape index (κ2) is 7.85. The molecule has 0 aliphatic carbocycles. The molecule has 0 bridgehead atoms. The number of nitrogens with zero attached hydrogens (tertiary/aromatic N) is 2. The van der Waals surface area contributed by atoms with Gasteiger partial charge in [0.25, 0.3) is 15.9 Å². The molecule has 0 unspecified atom stereocenters. The van der Waals surface area contributed by atoms with Crippen LogP contribution in [0.2, 0.25) is 0 Å². The van der Waals surface area contributed by atoms with Crippen molar-refractivity contribution >= 4 is 32.4 Å². The molecule has 1 saturated heterocycles. The zero-order valence-corrected chi connectivity index (χ0v) is 17.2. The van der Waals surface area contributed by atoms with E-state index in [0.29, 0.717) is 22.2 Å². The van der Waals surface area contributed by atoms with Crippen molar-refractivity contribution in [3.8, 4) is 5.75 Å². The first kappa shape index (κ1) is 19.6. The highest BCUT2D eigenvalue weighted by Crippen LogP contribution is 2.28. The van der Waals surface area contributed by atoms with E-state index in [4.69, 9.17) is 4.74 Å². The summed E-state index contributed by atoms with van der Waals surface area (Å²) in [7, 11) is -2.27. The van der Waals surface area contributed by atoms with E-state index in [2.05, 4.69) is 16.6 Å². The van der Waals surface area contributed by atoms with E-state index >= 15 is 0 Å². The number of sulfonamides is 1. The third-order valence-electron chi connectivity index (χ3n) is 4.65. The highest BCUT2D eigenvalue weighted by Gasteiger charge is 2.26. The van der Waals surface area contributed by atoms with Crippen LogP contribution >= 0.6 is 11.3 Å². The average molecular weight is 410 g/mol. The minimum atomic E-state index is -3.78. The largest absolute Gasteiger partial charge is 0.497 e. The number of hydrogen-bond acceptors (Lipinski definition) is 6. The molecule has 0 atom stereocenters. The maximum atomic E-state index is 12.8. The van der Waals surface area contributed by atoms with Gasteiger partial charge in [0.15, 0.2) is 5.13 Å². The molecule has 0 radical (unpaired) electrons. The van der Waals surface area contributed by atoms with Crippen molar-refractivity contribution in [3.05, 3.63) is 34.8 Å². The molecule has 0 saturated carbocycles. The Hall–Kier alpha value is -2.13. The number of amides is 1. The van der Waals surface area contributed by atoms with Gasteiger partial charge in [0.2, 0.25) is 0 Å². The van der Waals surface area contributed by atoms with E-state index in [-0.39, 0.29) is 15.9 Å². The summed E-state index contributed by atoms with van der Waals surface area (Å²) in [6, 6.07) is 6.08. The zero-order chi connectivity index (χ0) is 19.6. The molecule has 9 heteroatoms. The summed E-state index contributed by atoms with van der Waals surface area (Å²) in [4.78, 5) is 19.4. The summed E-state index contributed by atoms with van der Waals surface area (Å²) in [6.45, 7) is 5.36. The number of ether oxygens (including phenoxy) is 1. The number of rotatable bonds is 5. The number of benzene rings is 1. The lowest BCUT2D eigenvalue weighted by Crippen LogP contribution is -2.37. The number of aryl methyl sites for hydroxylation is 1. The summed E-state index contributed by atoms with van der Waals surface area (Å²) >= 11 is 1.07. The van der Waals surface area contributed by atoms with Gasteiger partial charge < -0.3 is 9.64 Å². The molecule has 0 spiro atoms. The second-order valence-electron chi connectivity index (χ2n) is 6.69. The van der Waals surface area contributed by atoms with Crippen molar-refractivity contribution in [3.63, 3.8) is 0 Å². The molecular formula is C18H23N3O4S2. The van der Waals surface area contributed by atoms with Gasteiger partial charge in [-0.2, -0.15) is 0 Å². The number of anilines is 1. The molecule has 2 aromatic rings. The van der Waals surface area contributed by atoms with Crippen LogP contribution in [0.1, 0.15) is 35.1 Å². The van der Waals surface area contributed by atoms with Gasteiger partial charge in [-0.25, -0.2) is 13.4 Å². The molecule has 3 rings (SSSR count). The number of thiazole rings is 1. The molecule has 7 nitrogen and oxygen atoms in total. The monoisotopic (exact) mass is 409 g/mol. The second-order valence-corrected chi connectivity index (χ2v) is 9.37. The van der Waals surface area contributed by atoms with Gasteiger partial charge in [0.05, 0.1) is 17.7 Å². The zero-order valence-electron chi connectivity index (χ0n) is 15.6. The van der Waals surface area contributed by atoms with Crippen molar-refractivity contribution in [1.82, 2.24) is 9.88 Å². The first-order valence-corrected chi connectivity index (χ1v) is 11.0. The lowest BCUT2D eigenvalue weighted by atomic mass is 9.99. The number of carbonyl (C=O) groups excluding carboxylic acids is 1. The molecule has 1 aromatic heterocycles. The first-order valence-electron chi connectivity index (χ1n) is 8.73. The minimum Gasteiger partial charge on any atom is -0.497 e. The standard InChI is InChI=1S/C18H23N3O4S2/c1-12-8-10-21(11-9-12)17(22)16-13(2)19-18(26-16)20-27(23,24)15-6-4-14(25-3)5-7-15/h4-7,12H,8-11H2,1-3H3,(H,19,20). The van der Waals surface area contributed by atoms with Crippen LogP contribution in [0.5, 0.6) is 5.75 Å². The molecule has 1 aliphatic heterocycles. The van der Waals surface area contributed by atoms with Crippen LogP contribution in [0.15, 0.2) is 29.2 Å². The Bertz CT molecular complexity index is 915. The van der Waals surface area contributed by atoms with Gasteiger partial charge >= 0.3 is 0 Å². The number of piperidine rings is 1. The number of aromatic nitrogens is 1. The van der Waals surface area contributed by atoms with Crippen LogP contribution in [-0.2, 0) is 10.0 Å². The fraction of sp³-hybridized carbons (Fsp3) is 0.444. The molecule has 1 aliphatic rings. The van der Waals surface area contributed by atoms with Crippen molar-refractivity contribution < 1.29 is 17.9 Å². The van der Waals surface area contributed by atoms with E-state index < -0.39 is 10.0 Å². The first-order chi connectivity index (χ1) is 12.8. The van der Waals surface area contributed by atoms with Crippen LogP contribution < -0.4 is 9.46 Å². The van der Waals surface area contributed by atoms with Gasteiger partial charge in [-0.05, 0) is 49.9 Å². The van der Waals surface area contributed by atoms with E-state index in [1.807, 2.05) is 4.90 Å². The summed E-state index contributed by atoms with van der Waals surface area (Å²) < 4.78 is 32.6. The molecule has 1 aromatic carbocycles. The summed E-state index contributed by atoms with van der Waals surface area (Å²) in [5.74, 6) is 1.12. The molecule has 1 amide bonds. The number of likely N-dealkylation sites (tertiary alicyclic amines) is 1. The van der Waals surface area contributed by atoms with E-state index in [9.17, 15) is 13.2 Å². The quantitative estimate of drug-likeness (QED) is 0.820. The van der Waals surface area contributed by atoms with Gasteiger partial charge in [-0.15, -0.1) is 0 Å². The van der Waals surface area contributed by atoms with Crippen molar-refractivity contribution in [2.24, 2.45) is 5.92 Å². The lowest BCUT2D eigenvalue weighted by Gasteiger charge is -2.29. The maximum Gasteiger partial charge on any atom is 0.265 e. The van der Waals surface area contributed by atoms with E-state index in [1.54, 1.807) is 19.1 Å². The van der Waals surface area contributed by atoms with E-state index in [1.165, 1.54) is 19.2 Å². The Labute approximate surface area is 163 Å². The van der Waals surface area contributed by atoms with Crippen LogP contribution in [0.4, 0.5) is 5.13 Å². The van der Waals surface area contributed by atoms with Crippen LogP contribution in [0.25, 0.3) is 0 Å². The molecule has 146 valence electrons. The number of carbonyl (C=O) groups is 1. The third-order valence-corrected chi connectivity index (χ3v) is 7.20. The Balaban J connectivity index is 1.76. The maximum absolute atomic E-state index is 12.8. The Kier molecular flexibility index (Phi) is 5.71. The highest BCUT2D eigenvalue weighted by molar-refractivity contribution is 7.93. The number of methoxy groups -OCH3 is 1. The highest BCUT2D eigenvalue weighted by atomic mass is 32.2. The lowest BCUT2D eigenvalue weighted by molar-refractivity contribution is 0.0701. The van der Waals surface area contributed by atoms with Gasteiger partial charge in [-0.1, -0.05) is 18.3 Å². The van der Waals surface area contributed by atoms with Crippen molar-refractivity contribution in [1.29, 1.82) is 0 Å². The van der Waals surface area contributed by atoms with Crippen LogP contribution in [0.3, 0.4) is 0 Å². The van der Waals surface area contributed by atoms with Crippen LogP contribution in [0, 0.1) is 12.8 Å². The average Bonchev–Trinajstić information content (AvgIpc) is 3.01. The molecule has 27 heavy (non-hydrogen) atoms. The Morgan fingerprint density at radius 2 is 1.89 bits per heavy atom. The predicted molar refractivity (Wildman–Crippen MR) is 105 cm³/mol. The smallest absolute Gasteiger partial charge is 0.265 e. The fourth-order valence-electron chi connectivity index (χ4n) is 2.92. The molecule has 2 heterocycles. The number of nitrogens with one attached hydrogen (secondary N) is 1. The van der Waals surface area contributed by atoms with Crippen molar-refractivity contribution in [2.75, 3.05) is 24.9 Å². The van der Waals surface area contributed by atoms with Gasteiger partial charge in [0.1, 0.15) is 10.6 Å². The molecule has 1 N–H and O–H groups in total. The van der Waals surface area contributed by atoms with Gasteiger partial charge in [-0.3, -0.25) is 9.52 Å². The third kappa shape index (κ3) is 4.41. The SMILES string of the molecule is COc1ccc(S(=O)(=O)Nc2nc(C)c(C(=O)N3CCC(C)CC3)s2)cc1. The predicted octanol–water partition coefficient (Wildman–Crippen LogP) is 3.13. The summed E-state index contributed by atoms with van der Waals surface area (Å²) in [5, 5.41) is 0.192. The summed E-state index contributed by atoms with van der Waals surface area (Å²) in [5.41, 5.74) is 0.538. The minimum absolute atomic E-state index is 0.0770. The Morgan fingerprint density at radius 3 is 2.48 bits per heavy atom. The topological polar surface area (TPSA) is 88.6 Å². The number of hydrogen-bond donors (Lipinski definition) is 1.